The maximum absolute atomic E-state index is 10.3. The Labute approximate surface area is 126 Å². The molecule has 1 heterocycles. The minimum Gasteiger partial charge on any atom is -0.389 e. The number of fused-ring (bicyclic) bond motifs is 1. The zero-order valence-electron chi connectivity index (χ0n) is 13.4. The van der Waals surface area contributed by atoms with Crippen molar-refractivity contribution in [3.63, 3.8) is 0 Å². The summed E-state index contributed by atoms with van der Waals surface area (Å²) in [6, 6.07) is 8.43. The van der Waals surface area contributed by atoms with Crippen molar-refractivity contribution in [1.29, 1.82) is 0 Å². The van der Waals surface area contributed by atoms with Gasteiger partial charge >= 0.3 is 0 Å². The summed E-state index contributed by atoms with van der Waals surface area (Å²) in [4.78, 5) is 0. The van der Waals surface area contributed by atoms with Gasteiger partial charge in [-0.05, 0) is 25.5 Å². The molecule has 0 amide bonds. The van der Waals surface area contributed by atoms with Gasteiger partial charge in [0.2, 0.25) is 0 Å². The Hall–Kier alpha value is -1.36. The zero-order valence-corrected chi connectivity index (χ0v) is 13.4. The van der Waals surface area contributed by atoms with Crippen LogP contribution in [0.25, 0.3) is 10.9 Å². The molecule has 0 radical (unpaired) electrons. The van der Waals surface area contributed by atoms with Crippen molar-refractivity contribution in [2.24, 2.45) is 7.05 Å². The summed E-state index contributed by atoms with van der Waals surface area (Å²) in [6.07, 6.45) is 0.630. The van der Waals surface area contributed by atoms with Crippen molar-refractivity contribution in [2.45, 2.75) is 32.4 Å². The second-order valence-electron chi connectivity index (χ2n) is 5.99. The molecular formula is C17H26N2O2. The van der Waals surface area contributed by atoms with Gasteiger partial charge in [-0.1, -0.05) is 18.2 Å². The van der Waals surface area contributed by atoms with E-state index in [2.05, 4.69) is 48.1 Å². The third kappa shape index (κ3) is 3.64. The molecule has 0 fully saturated rings. The number of nitrogens with one attached hydrogen (secondary N) is 1. The Morgan fingerprint density at radius 3 is 2.71 bits per heavy atom. The summed E-state index contributed by atoms with van der Waals surface area (Å²) >= 11 is 0. The van der Waals surface area contributed by atoms with E-state index in [-0.39, 0.29) is 0 Å². The molecule has 1 unspecified atom stereocenters. The predicted molar refractivity (Wildman–Crippen MR) is 86.5 cm³/mol. The van der Waals surface area contributed by atoms with Gasteiger partial charge in [0.1, 0.15) is 0 Å². The van der Waals surface area contributed by atoms with E-state index in [1.165, 1.54) is 22.2 Å². The lowest BCUT2D eigenvalue weighted by atomic mass is 10.0. The van der Waals surface area contributed by atoms with E-state index < -0.39 is 5.60 Å². The van der Waals surface area contributed by atoms with Crippen LogP contribution in [0.4, 0.5) is 0 Å². The van der Waals surface area contributed by atoms with Gasteiger partial charge in [0, 0.05) is 56.9 Å². The lowest BCUT2D eigenvalue weighted by molar-refractivity contribution is 0.0246. The summed E-state index contributed by atoms with van der Waals surface area (Å²) in [5.41, 5.74) is 3.07. The second-order valence-corrected chi connectivity index (χ2v) is 5.99. The number of methoxy groups -OCH3 is 1. The summed E-state index contributed by atoms with van der Waals surface area (Å²) in [5, 5.41) is 14.9. The third-order valence-corrected chi connectivity index (χ3v) is 4.15. The second kappa shape index (κ2) is 6.60. The van der Waals surface area contributed by atoms with Crippen molar-refractivity contribution < 1.29 is 9.84 Å². The standard InChI is InChI=1S/C17H26N2O2/c1-13-14-7-5-6-8-15(14)19(3)16(13)11-18-12-17(2,20)9-10-21-4/h5-8,18,20H,9-12H2,1-4H3. The molecule has 0 bridgehead atoms. The molecule has 0 spiro atoms. The average molecular weight is 290 g/mol. The van der Waals surface area contributed by atoms with Crippen molar-refractivity contribution in [1.82, 2.24) is 9.88 Å². The first-order chi connectivity index (χ1) is 9.96. The first kappa shape index (κ1) is 16.0. The van der Waals surface area contributed by atoms with Crippen LogP contribution in [0.5, 0.6) is 0 Å². The van der Waals surface area contributed by atoms with Crippen LogP contribution in [0.15, 0.2) is 24.3 Å². The van der Waals surface area contributed by atoms with Gasteiger partial charge in [-0.2, -0.15) is 0 Å². The highest BCUT2D eigenvalue weighted by molar-refractivity contribution is 5.85. The molecule has 116 valence electrons. The maximum atomic E-state index is 10.3. The van der Waals surface area contributed by atoms with E-state index in [0.717, 1.165) is 6.54 Å². The zero-order chi connectivity index (χ0) is 15.5. The molecule has 4 nitrogen and oxygen atoms in total. The number of para-hydroxylation sites is 1. The van der Waals surface area contributed by atoms with Crippen molar-refractivity contribution >= 4 is 10.9 Å². The molecule has 1 aromatic heterocycles. The normalized spacial score (nSPS) is 14.5. The molecular weight excluding hydrogens is 264 g/mol. The van der Waals surface area contributed by atoms with Crippen LogP contribution >= 0.6 is 0 Å². The summed E-state index contributed by atoms with van der Waals surface area (Å²) < 4.78 is 7.25. The van der Waals surface area contributed by atoms with E-state index >= 15 is 0 Å². The Kier molecular flexibility index (Phi) is 5.04. The Balaban J connectivity index is 2.04. The lowest BCUT2D eigenvalue weighted by Gasteiger charge is -2.23. The van der Waals surface area contributed by atoms with E-state index in [4.69, 9.17) is 4.74 Å². The number of ether oxygens (including phenoxy) is 1. The summed E-state index contributed by atoms with van der Waals surface area (Å²) in [7, 11) is 3.75. The quantitative estimate of drug-likeness (QED) is 0.823. The molecule has 2 aromatic rings. The Bertz CT molecular complexity index is 563. The summed E-state index contributed by atoms with van der Waals surface area (Å²) in [6.45, 7) is 5.87. The monoisotopic (exact) mass is 290 g/mol. The van der Waals surface area contributed by atoms with Crippen molar-refractivity contribution in [2.75, 3.05) is 20.3 Å². The largest absolute Gasteiger partial charge is 0.389 e. The Morgan fingerprint density at radius 1 is 1.33 bits per heavy atom. The van der Waals surface area contributed by atoms with Crippen molar-refractivity contribution in [3.05, 3.63) is 35.5 Å². The van der Waals surface area contributed by atoms with E-state index in [1.54, 1.807) is 7.11 Å². The molecule has 2 N–H and O–H groups in total. The van der Waals surface area contributed by atoms with Crippen LogP contribution in [-0.2, 0) is 18.3 Å². The minimum atomic E-state index is -0.742. The van der Waals surface area contributed by atoms with Crippen LogP contribution in [0.2, 0.25) is 0 Å². The molecule has 2 rings (SSSR count). The average Bonchev–Trinajstić information content (AvgIpc) is 2.71. The van der Waals surface area contributed by atoms with Crippen LogP contribution in [-0.4, -0.2) is 35.5 Å². The van der Waals surface area contributed by atoms with Gasteiger partial charge in [-0.3, -0.25) is 0 Å². The molecule has 0 saturated carbocycles. The van der Waals surface area contributed by atoms with Crippen LogP contribution in [0.1, 0.15) is 24.6 Å². The van der Waals surface area contributed by atoms with Gasteiger partial charge in [-0.25, -0.2) is 0 Å². The van der Waals surface area contributed by atoms with Gasteiger partial charge in [0.05, 0.1) is 5.60 Å². The number of hydrogen-bond acceptors (Lipinski definition) is 3. The van der Waals surface area contributed by atoms with Gasteiger partial charge in [-0.15, -0.1) is 0 Å². The van der Waals surface area contributed by atoms with Gasteiger partial charge < -0.3 is 19.7 Å². The molecule has 4 heteroatoms. The molecule has 1 atom stereocenters. The molecule has 0 saturated heterocycles. The number of aromatic nitrogens is 1. The third-order valence-electron chi connectivity index (χ3n) is 4.15. The van der Waals surface area contributed by atoms with Gasteiger partial charge in [0.15, 0.2) is 0 Å². The van der Waals surface area contributed by atoms with Gasteiger partial charge in [0.25, 0.3) is 0 Å². The van der Waals surface area contributed by atoms with Crippen LogP contribution in [0, 0.1) is 6.92 Å². The highest BCUT2D eigenvalue weighted by Crippen LogP contribution is 2.24. The molecule has 0 aliphatic rings. The molecule has 1 aromatic carbocycles. The van der Waals surface area contributed by atoms with E-state index in [1.807, 2.05) is 6.92 Å². The highest BCUT2D eigenvalue weighted by Gasteiger charge is 2.20. The highest BCUT2D eigenvalue weighted by atomic mass is 16.5. The fourth-order valence-corrected chi connectivity index (χ4v) is 2.75. The fraction of sp³-hybridized carbons (Fsp3) is 0.529. The number of nitrogens with zero attached hydrogens (tertiary/aromatic N) is 1. The maximum Gasteiger partial charge on any atom is 0.0765 e. The first-order valence-corrected chi connectivity index (χ1v) is 7.41. The number of benzene rings is 1. The fourth-order valence-electron chi connectivity index (χ4n) is 2.75. The number of rotatable bonds is 7. The predicted octanol–water partition coefficient (Wildman–Crippen LogP) is 2.36. The molecule has 21 heavy (non-hydrogen) atoms. The lowest BCUT2D eigenvalue weighted by Crippen LogP contribution is -2.38. The van der Waals surface area contributed by atoms with E-state index in [9.17, 15) is 5.11 Å². The van der Waals surface area contributed by atoms with Crippen molar-refractivity contribution in [3.8, 4) is 0 Å². The molecule has 0 aliphatic carbocycles. The first-order valence-electron chi connectivity index (χ1n) is 7.41. The minimum absolute atomic E-state index is 0.553. The van der Waals surface area contributed by atoms with E-state index in [0.29, 0.717) is 19.6 Å². The SMILES string of the molecule is COCCC(C)(O)CNCc1c(C)c2ccccc2n1C. The van der Waals surface area contributed by atoms with Crippen LogP contribution in [0.3, 0.4) is 0 Å². The number of aryl methyl sites for hydroxylation is 2. The smallest absolute Gasteiger partial charge is 0.0765 e. The van der Waals surface area contributed by atoms with Crippen LogP contribution < -0.4 is 5.32 Å². The summed E-state index contributed by atoms with van der Waals surface area (Å²) in [5.74, 6) is 0. The topological polar surface area (TPSA) is 46.4 Å². The molecule has 0 aliphatic heterocycles. The number of hydrogen-bond donors (Lipinski definition) is 2. The number of aliphatic hydroxyl groups is 1. The Morgan fingerprint density at radius 2 is 2.05 bits per heavy atom.